The fourth-order valence-electron chi connectivity index (χ4n) is 8.46. The highest BCUT2D eigenvalue weighted by molar-refractivity contribution is 5.82. The molecule has 0 unspecified atom stereocenters. The van der Waals surface area contributed by atoms with Gasteiger partial charge in [0.05, 0.1) is 18.5 Å². The van der Waals surface area contributed by atoms with Gasteiger partial charge in [0.15, 0.2) is 0 Å². The van der Waals surface area contributed by atoms with E-state index >= 15 is 0 Å². The third-order valence-corrected chi connectivity index (χ3v) is 10.2. The lowest BCUT2D eigenvalue weighted by molar-refractivity contribution is -0.640. The van der Waals surface area contributed by atoms with Gasteiger partial charge in [0, 0.05) is 12.6 Å². The van der Waals surface area contributed by atoms with Crippen LogP contribution >= 0.6 is 0 Å². The number of hydrogen-bond donors (Lipinski definition) is 1. The summed E-state index contributed by atoms with van der Waals surface area (Å²) >= 11 is 0. The fraction of sp³-hybridized carbons (Fsp3) is 0.594. The highest BCUT2D eigenvalue weighted by Gasteiger charge is 2.55. The lowest BCUT2D eigenvalue weighted by atomic mass is 9.63. The van der Waals surface area contributed by atoms with Crippen molar-refractivity contribution in [3.8, 4) is 5.75 Å². The predicted molar refractivity (Wildman–Crippen MR) is 143 cm³/mol. The summed E-state index contributed by atoms with van der Waals surface area (Å²) in [5.41, 5.74) is 3.06. The van der Waals surface area contributed by atoms with Crippen molar-refractivity contribution >= 4 is 5.91 Å². The van der Waals surface area contributed by atoms with Crippen LogP contribution in [0.25, 0.3) is 0 Å². The molecule has 2 aromatic carbocycles. The van der Waals surface area contributed by atoms with Gasteiger partial charge in [-0.3, -0.25) is 4.79 Å². The number of alkyl halides is 2. The summed E-state index contributed by atoms with van der Waals surface area (Å²) in [5.74, 6) is 1.54. The van der Waals surface area contributed by atoms with E-state index in [2.05, 4.69) is 46.6 Å². The van der Waals surface area contributed by atoms with E-state index in [1.807, 2.05) is 6.07 Å². The van der Waals surface area contributed by atoms with Crippen LogP contribution in [0, 0.1) is 11.8 Å². The predicted octanol–water partition coefficient (Wildman–Crippen LogP) is 2.41. The van der Waals surface area contributed by atoms with Gasteiger partial charge in [-0.1, -0.05) is 61.7 Å². The van der Waals surface area contributed by atoms with E-state index in [9.17, 15) is 13.6 Å². The highest BCUT2D eigenvalue weighted by atomic mass is 35.5. The number of piperidine rings is 1. The van der Waals surface area contributed by atoms with Gasteiger partial charge in [-0.15, -0.1) is 0 Å². The van der Waals surface area contributed by atoms with Crippen LogP contribution in [-0.4, -0.2) is 43.1 Å². The van der Waals surface area contributed by atoms with Crippen molar-refractivity contribution in [2.75, 3.05) is 19.6 Å². The molecule has 0 aromatic heterocycles. The van der Waals surface area contributed by atoms with Crippen molar-refractivity contribution in [1.29, 1.82) is 0 Å². The van der Waals surface area contributed by atoms with Crippen LogP contribution in [0.4, 0.5) is 8.78 Å². The molecule has 1 spiro atoms. The monoisotopic (exact) mass is 558 g/mol. The Morgan fingerprint density at radius 1 is 1.00 bits per heavy atom. The summed E-state index contributed by atoms with van der Waals surface area (Å²) < 4.78 is 31.3. The number of nitrogens with two attached hydrogens (primary N) is 1. The maximum absolute atomic E-state index is 14.6. The van der Waals surface area contributed by atoms with Crippen LogP contribution in [0.2, 0.25) is 0 Å². The first kappa shape index (κ1) is 28.4. The molecule has 3 fully saturated rings. The molecule has 4 nitrogen and oxygen atoms in total. The van der Waals surface area contributed by atoms with Crippen LogP contribution in [0.3, 0.4) is 0 Å². The Morgan fingerprint density at radius 3 is 2.56 bits per heavy atom. The smallest absolute Gasteiger partial charge is 0.387 e. The molecule has 2 aromatic rings. The average Bonchev–Trinajstić information content (AvgIpc) is 3.37. The van der Waals surface area contributed by atoms with Crippen LogP contribution in [0.15, 0.2) is 48.5 Å². The largest absolute Gasteiger partial charge is 1.00 e. The molecule has 0 bridgehead atoms. The second-order valence-corrected chi connectivity index (χ2v) is 12.1. The van der Waals surface area contributed by atoms with E-state index in [1.54, 1.807) is 6.07 Å². The average molecular weight is 559 g/mol. The summed E-state index contributed by atoms with van der Waals surface area (Å²) in [6.07, 6.45) is 10.9. The van der Waals surface area contributed by atoms with Crippen molar-refractivity contribution < 1.29 is 36.0 Å². The third-order valence-electron chi connectivity index (χ3n) is 10.2. The minimum absolute atomic E-state index is 0. The number of halogens is 3. The molecule has 4 atom stereocenters. The zero-order valence-electron chi connectivity index (χ0n) is 22.7. The van der Waals surface area contributed by atoms with E-state index in [4.69, 9.17) is 4.74 Å². The second-order valence-electron chi connectivity index (χ2n) is 12.1. The lowest BCUT2D eigenvalue weighted by Gasteiger charge is -2.47. The normalized spacial score (nSPS) is 29.2. The molecule has 2 N–H and O–H groups in total. The number of amides is 1. The zero-order chi connectivity index (χ0) is 26.1. The minimum atomic E-state index is -2.84. The van der Waals surface area contributed by atoms with E-state index in [0.717, 1.165) is 62.9 Å². The van der Waals surface area contributed by atoms with Crippen LogP contribution < -0.4 is 22.5 Å². The van der Waals surface area contributed by atoms with Gasteiger partial charge in [0.25, 0.3) is 0 Å². The van der Waals surface area contributed by atoms with Gasteiger partial charge < -0.3 is 27.4 Å². The topological polar surface area (TPSA) is 46.1 Å². The SMILES string of the molecule is O=C([C@@H]1C[NH2+]C[C@]12CCCc1c(OC(F)F)cccc12)N1CC[C@@H](c2ccccc2)C[C@H]1C1CCCCC1.[Cl-]. The molecule has 2 heterocycles. The molecular weight excluding hydrogens is 518 g/mol. The molecular formula is C32H41ClF2N2O2. The van der Waals surface area contributed by atoms with Gasteiger partial charge in [-0.05, 0) is 79.5 Å². The maximum atomic E-state index is 14.6. The Hall–Kier alpha value is -2.18. The summed E-state index contributed by atoms with van der Waals surface area (Å²) in [6.45, 7) is -0.417. The molecule has 2 saturated heterocycles. The van der Waals surface area contributed by atoms with E-state index in [0.29, 0.717) is 23.5 Å². The third kappa shape index (κ3) is 5.44. The molecule has 212 valence electrons. The van der Waals surface area contributed by atoms with E-state index < -0.39 is 6.61 Å². The summed E-state index contributed by atoms with van der Waals surface area (Å²) in [4.78, 5) is 16.9. The van der Waals surface area contributed by atoms with Gasteiger partial charge in [-0.25, -0.2) is 0 Å². The number of hydrogen-bond acceptors (Lipinski definition) is 2. The van der Waals surface area contributed by atoms with Crippen molar-refractivity contribution in [3.05, 3.63) is 65.2 Å². The maximum Gasteiger partial charge on any atom is 0.387 e. The zero-order valence-corrected chi connectivity index (χ0v) is 23.4. The van der Waals surface area contributed by atoms with E-state index in [-0.39, 0.29) is 29.8 Å². The number of quaternary nitrogens is 1. The molecule has 2 aliphatic carbocycles. The molecule has 39 heavy (non-hydrogen) atoms. The second kappa shape index (κ2) is 12.1. The Balaban J connectivity index is 0.00000308. The number of rotatable bonds is 5. The first-order chi connectivity index (χ1) is 18.6. The van der Waals surface area contributed by atoms with Crippen molar-refractivity contribution in [2.24, 2.45) is 11.8 Å². The highest BCUT2D eigenvalue weighted by Crippen LogP contribution is 2.48. The summed E-state index contributed by atoms with van der Waals surface area (Å²) in [7, 11) is 0. The van der Waals surface area contributed by atoms with Crippen LogP contribution in [-0.2, 0) is 16.6 Å². The molecule has 1 amide bonds. The van der Waals surface area contributed by atoms with Crippen molar-refractivity contribution in [1.82, 2.24) is 4.90 Å². The van der Waals surface area contributed by atoms with Gasteiger partial charge in [0.1, 0.15) is 11.7 Å². The molecule has 4 aliphatic rings. The van der Waals surface area contributed by atoms with Gasteiger partial charge >= 0.3 is 6.61 Å². The Bertz CT molecular complexity index is 1130. The number of carbonyl (C=O) groups excluding carboxylic acids is 1. The van der Waals surface area contributed by atoms with Crippen molar-refractivity contribution in [2.45, 2.75) is 88.2 Å². The first-order valence-corrected chi connectivity index (χ1v) is 14.8. The first-order valence-electron chi connectivity index (χ1n) is 14.8. The fourth-order valence-corrected chi connectivity index (χ4v) is 8.46. The summed E-state index contributed by atoms with van der Waals surface area (Å²) in [6, 6.07) is 16.7. The number of benzene rings is 2. The molecule has 6 rings (SSSR count). The number of fused-ring (bicyclic) bond motifs is 2. The molecule has 1 saturated carbocycles. The lowest BCUT2D eigenvalue weighted by Crippen LogP contribution is -3.00. The van der Waals surface area contributed by atoms with Crippen LogP contribution in [0.1, 0.15) is 80.4 Å². The van der Waals surface area contributed by atoms with Gasteiger partial charge in [0.2, 0.25) is 5.91 Å². The van der Waals surface area contributed by atoms with Crippen LogP contribution in [0.5, 0.6) is 5.75 Å². The number of carbonyl (C=O) groups is 1. The molecule has 7 heteroatoms. The Morgan fingerprint density at radius 2 is 1.79 bits per heavy atom. The number of likely N-dealkylation sites (tertiary alicyclic amines) is 1. The summed E-state index contributed by atoms with van der Waals surface area (Å²) in [5, 5.41) is 2.28. The molecule has 0 radical (unpaired) electrons. The van der Waals surface area contributed by atoms with Crippen molar-refractivity contribution in [3.63, 3.8) is 0 Å². The molecule has 2 aliphatic heterocycles. The number of nitrogens with zero attached hydrogens (tertiary/aromatic N) is 1. The quantitative estimate of drug-likeness (QED) is 0.613. The van der Waals surface area contributed by atoms with Gasteiger partial charge in [-0.2, -0.15) is 8.78 Å². The Labute approximate surface area is 237 Å². The standard InChI is InChI=1S/C32H40F2N2O2.ClH/c33-31(34)38-29-15-7-14-26-25(29)13-8-17-32(26)21-35-20-27(32)30(37)36-18-16-24(22-9-3-1-4-10-22)19-28(36)23-11-5-2-6-12-23;/h1,3-4,7,9-10,14-15,23-24,27-28,31,35H,2,5-6,8,11-13,16-21H2;1H/t24-,27+,28+,32+;/m1./s1. The van der Waals surface area contributed by atoms with E-state index in [1.165, 1.54) is 37.7 Å². The Kier molecular flexibility index (Phi) is 8.82. The number of ether oxygens (including phenoxy) is 1. The minimum Gasteiger partial charge on any atom is -1.00 e.